The number of fused-ring (bicyclic) bond motifs is 1. The van der Waals surface area contributed by atoms with Crippen molar-refractivity contribution in [1.29, 1.82) is 0 Å². The fourth-order valence-corrected chi connectivity index (χ4v) is 2.89. The van der Waals surface area contributed by atoms with Crippen molar-refractivity contribution in [3.63, 3.8) is 0 Å². The number of carbonyl (C=O) groups excluding carboxylic acids is 1. The molecule has 2 heteroatoms. The summed E-state index contributed by atoms with van der Waals surface area (Å²) in [5, 5.41) is 10.9. The molecule has 0 spiro atoms. The van der Waals surface area contributed by atoms with Gasteiger partial charge in [0.15, 0.2) is 11.4 Å². The molecule has 2 aliphatic carbocycles. The highest BCUT2D eigenvalue weighted by Gasteiger charge is 2.56. The zero-order valence-corrected chi connectivity index (χ0v) is 10.8. The van der Waals surface area contributed by atoms with E-state index in [4.69, 9.17) is 0 Å². The van der Waals surface area contributed by atoms with Crippen molar-refractivity contribution in [2.75, 3.05) is 0 Å². The van der Waals surface area contributed by atoms with Crippen LogP contribution in [0.3, 0.4) is 0 Å². The summed E-state index contributed by atoms with van der Waals surface area (Å²) in [6, 6.07) is 0. The van der Waals surface area contributed by atoms with E-state index >= 15 is 0 Å². The van der Waals surface area contributed by atoms with Gasteiger partial charge in [-0.1, -0.05) is 45.6 Å². The molecule has 1 N–H and O–H groups in total. The second-order valence-corrected chi connectivity index (χ2v) is 5.69. The summed E-state index contributed by atoms with van der Waals surface area (Å²) in [6.07, 6.45) is 7.22. The van der Waals surface area contributed by atoms with E-state index in [1.165, 1.54) is 0 Å². The van der Waals surface area contributed by atoms with Crippen molar-refractivity contribution in [2.24, 2.45) is 11.3 Å². The first-order valence-corrected chi connectivity index (χ1v) is 6.16. The smallest absolute Gasteiger partial charge is 0.195 e. The Morgan fingerprint density at radius 1 is 1.47 bits per heavy atom. The largest absolute Gasteiger partial charge is 0.376 e. The SMILES string of the molecule is C=C1CC=CC2(C)CC=C(C(C)C)C(=O)C12O. The molecule has 0 amide bonds. The zero-order chi connectivity index (χ0) is 12.8. The van der Waals surface area contributed by atoms with Crippen LogP contribution in [0.1, 0.15) is 33.6 Å². The summed E-state index contributed by atoms with van der Waals surface area (Å²) in [5.41, 5.74) is -0.575. The minimum absolute atomic E-state index is 0.148. The van der Waals surface area contributed by atoms with Crippen LogP contribution in [0.5, 0.6) is 0 Å². The van der Waals surface area contributed by atoms with E-state index in [0.717, 1.165) is 5.57 Å². The van der Waals surface area contributed by atoms with Gasteiger partial charge in [-0.3, -0.25) is 4.79 Å². The number of hydrogen-bond donors (Lipinski definition) is 1. The van der Waals surface area contributed by atoms with Crippen molar-refractivity contribution in [3.05, 3.63) is 36.0 Å². The zero-order valence-electron chi connectivity index (χ0n) is 10.8. The fraction of sp³-hybridized carbons (Fsp3) is 0.533. The first kappa shape index (κ1) is 12.3. The summed E-state index contributed by atoms with van der Waals surface area (Å²) < 4.78 is 0. The van der Waals surface area contributed by atoms with Crippen LogP contribution in [0.15, 0.2) is 36.0 Å². The average Bonchev–Trinajstić information content (AvgIpc) is 2.24. The van der Waals surface area contributed by atoms with Crippen molar-refractivity contribution >= 4 is 5.78 Å². The van der Waals surface area contributed by atoms with Crippen molar-refractivity contribution in [3.8, 4) is 0 Å². The first-order valence-electron chi connectivity index (χ1n) is 6.16. The molecule has 17 heavy (non-hydrogen) atoms. The number of ketones is 1. The normalized spacial score (nSPS) is 37.1. The lowest BCUT2D eigenvalue weighted by atomic mass is 9.57. The third-order valence-corrected chi connectivity index (χ3v) is 4.15. The van der Waals surface area contributed by atoms with E-state index in [-0.39, 0.29) is 11.7 Å². The molecule has 92 valence electrons. The van der Waals surface area contributed by atoms with Crippen LogP contribution in [0.25, 0.3) is 0 Å². The standard InChI is InChI=1S/C15H20O2/c1-10(2)12-7-9-14(4)8-5-6-11(3)15(14,17)13(12)16/h5,7-8,10,17H,3,6,9H2,1-2,4H3. The Morgan fingerprint density at radius 2 is 2.12 bits per heavy atom. The van der Waals surface area contributed by atoms with Gasteiger partial charge in [0.25, 0.3) is 0 Å². The highest BCUT2D eigenvalue weighted by Crippen LogP contribution is 2.50. The van der Waals surface area contributed by atoms with Crippen LogP contribution in [0.4, 0.5) is 0 Å². The fourth-order valence-electron chi connectivity index (χ4n) is 2.89. The molecule has 2 atom stereocenters. The molecule has 2 rings (SSSR count). The molecule has 0 fully saturated rings. The Bertz CT molecular complexity index is 442. The summed E-state index contributed by atoms with van der Waals surface area (Å²) in [6.45, 7) is 9.81. The summed E-state index contributed by atoms with van der Waals surface area (Å²) in [7, 11) is 0. The van der Waals surface area contributed by atoms with E-state index < -0.39 is 11.0 Å². The molecule has 0 bridgehead atoms. The van der Waals surface area contributed by atoms with Crippen LogP contribution in [-0.2, 0) is 4.79 Å². The molecule has 2 unspecified atom stereocenters. The second-order valence-electron chi connectivity index (χ2n) is 5.69. The Kier molecular flexibility index (Phi) is 2.66. The van der Waals surface area contributed by atoms with E-state index in [9.17, 15) is 9.90 Å². The van der Waals surface area contributed by atoms with Crippen molar-refractivity contribution in [1.82, 2.24) is 0 Å². The van der Waals surface area contributed by atoms with E-state index in [1.54, 1.807) is 0 Å². The molecule has 0 saturated heterocycles. The Morgan fingerprint density at radius 3 is 2.71 bits per heavy atom. The quantitative estimate of drug-likeness (QED) is 0.706. The number of Topliss-reactive ketones (excluding diaryl/α,β-unsaturated/α-hetero) is 1. The minimum atomic E-state index is -1.41. The van der Waals surface area contributed by atoms with Gasteiger partial charge in [-0.15, -0.1) is 0 Å². The maximum atomic E-state index is 12.5. The van der Waals surface area contributed by atoms with Crippen LogP contribution in [0.2, 0.25) is 0 Å². The number of carbonyl (C=O) groups is 1. The Balaban J connectivity index is 2.57. The van der Waals surface area contributed by atoms with Gasteiger partial charge in [0, 0.05) is 5.41 Å². The molecule has 2 nitrogen and oxygen atoms in total. The van der Waals surface area contributed by atoms with Gasteiger partial charge in [-0.25, -0.2) is 0 Å². The van der Waals surface area contributed by atoms with Gasteiger partial charge >= 0.3 is 0 Å². The lowest BCUT2D eigenvalue weighted by molar-refractivity contribution is -0.140. The van der Waals surface area contributed by atoms with Gasteiger partial charge < -0.3 is 5.11 Å². The maximum Gasteiger partial charge on any atom is 0.195 e. The van der Waals surface area contributed by atoms with Crippen LogP contribution >= 0.6 is 0 Å². The predicted molar refractivity (Wildman–Crippen MR) is 68.5 cm³/mol. The molecule has 0 aromatic heterocycles. The monoisotopic (exact) mass is 232 g/mol. The third-order valence-electron chi connectivity index (χ3n) is 4.15. The highest BCUT2D eigenvalue weighted by molar-refractivity contribution is 6.06. The van der Waals surface area contributed by atoms with Gasteiger partial charge in [0.2, 0.25) is 0 Å². The molecule has 0 radical (unpaired) electrons. The predicted octanol–water partition coefficient (Wildman–Crippen LogP) is 2.80. The summed E-state index contributed by atoms with van der Waals surface area (Å²) in [4.78, 5) is 12.5. The third kappa shape index (κ3) is 1.47. The number of aliphatic hydroxyl groups is 1. The van der Waals surface area contributed by atoms with E-state index in [1.807, 2.05) is 39.0 Å². The Labute approximate surface area is 103 Å². The minimum Gasteiger partial charge on any atom is -0.376 e. The van der Waals surface area contributed by atoms with E-state index in [0.29, 0.717) is 18.4 Å². The molecular formula is C15H20O2. The average molecular weight is 232 g/mol. The Hall–Kier alpha value is -1.15. The number of hydrogen-bond acceptors (Lipinski definition) is 2. The van der Waals surface area contributed by atoms with Gasteiger partial charge in [0.1, 0.15) is 0 Å². The number of allylic oxidation sites excluding steroid dienone is 2. The van der Waals surface area contributed by atoms with Crippen molar-refractivity contribution in [2.45, 2.75) is 39.2 Å². The summed E-state index contributed by atoms with van der Waals surface area (Å²) >= 11 is 0. The lowest BCUT2D eigenvalue weighted by Gasteiger charge is -2.48. The maximum absolute atomic E-state index is 12.5. The van der Waals surface area contributed by atoms with Gasteiger partial charge in [-0.05, 0) is 29.9 Å². The molecule has 0 heterocycles. The topological polar surface area (TPSA) is 37.3 Å². The molecule has 0 saturated carbocycles. The van der Waals surface area contributed by atoms with E-state index in [2.05, 4.69) is 6.58 Å². The van der Waals surface area contributed by atoms with Gasteiger partial charge in [0.05, 0.1) is 0 Å². The second kappa shape index (κ2) is 3.67. The van der Waals surface area contributed by atoms with Crippen LogP contribution < -0.4 is 0 Å². The van der Waals surface area contributed by atoms with Crippen LogP contribution in [0, 0.1) is 11.3 Å². The van der Waals surface area contributed by atoms with Crippen LogP contribution in [-0.4, -0.2) is 16.5 Å². The van der Waals surface area contributed by atoms with Crippen molar-refractivity contribution < 1.29 is 9.90 Å². The summed E-state index contributed by atoms with van der Waals surface area (Å²) in [5.74, 6) is -0.00891. The lowest BCUT2D eigenvalue weighted by Crippen LogP contribution is -2.57. The van der Waals surface area contributed by atoms with Gasteiger partial charge in [-0.2, -0.15) is 0 Å². The first-order chi connectivity index (χ1) is 7.83. The molecular weight excluding hydrogens is 212 g/mol. The molecule has 2 aliphatic rings. The molecule has 0 aromatic rings. The highest BCUT2D eigenvalue weighted by atomic mass is 16.3. The number of rotatable bonds is 1. The molecule has 0 aromatic carbocycles. The molecule has 0 aliphatic heterocycles.